The molecule has 43 heavy (non-hydrogen) atoms. The summed E-state index contributed by atoms with van der Waals surface area (Å²) in [6, 6.07) is 10.4. The first kappa shape index (κ1) is 27.6. The second kappa shape index (κ2) is 10.4. The van der Waals surface area contributed by atoms with Crippen molar-refractivity contribution < 1.29 is 36.9 Å². The fourth-order valence-corrected chi connectivity index (χ4v) is 5.17. The molecular formula is C27H17F4N7O5. The SMILES string of the molecule is O=C1[C@H]2N=NN(CC(=O)N3N=C(c4ccccc4)C[C@H]3c3ccc([N+](=O)[O-])cc3)[C@H]2C(=O)N1c1c(F)c(F)cc(F)c1F. The van der Waals surface area contributed by atoms with Crippen molar-refractivity contribution in [3.63, 3.8) is 0 Å². The van der Waals surface area contributed by atoms with Crippen LogP contribution in [0.15, 0.2) is 76.1 Å². The van der Waals surface area contributed by atoms with Gasteiger partial charge in [0.25, 0.3) is 23.4 Å². The average Bonchev–Trinajstić information content (AvgIpc) is 3.69. The number of rotatable bonds is 6. The number of hydrazone groups is 1. The first-order chi connectivity index (χ1) is 20.6. The Bertz CT molecular complexity index is 1730. The molecular weight excluding hydrogens is 578 g/mol. The van der Waals surface area contributed by atoms with Gasteiger partial charge in [0.1, 0.15) is 12.2 Å². The molecule has 0 aromatic heterocycles. The number of carbonyl (C=O) groups is 3. The van der Waals surface area contributed by atoms with Crippen molar-refractivity contribution in [2.45, 2.75) is 24.5 Å². The number of carbonyl (C=O) groups excluding carboxylic acids is 3. The maximum atomic E-state index is 14.5. The molecule has 12 nitrogen and oxygen atoms in total. The first-order valence-corrected chi connectivity index (χ1v) is 12.6. The van der Waals surface area contributed by atoms with Gasteiger partial charge in [-0.3, -0.25) is 29.5 Å². The van der Waals surface area contributed by atoms with Gasteiger partial charge in [-0.1, -0.05) is 47.7 Å². The van der Waals surface area contributed by atoms with Crippen molar-refractivity contribution >= 4 is 34.8 Å². The molecule has 0 radical (unpaired) electrons. The van der Waals surface area contributed by atoms with E-state index in [0.717, 1.165) is 10.0 Å². The summed E-state index contributed by atoms with van der Waals surface area (Å²) in [5, 5.41) is 24.9. The average molecular weight is 595 g/mol. The monoisotopic (exact) mass is 595 g/mol. The van der Waals surface area contributed by atoms with E-state index < -0.39 is 76.3 Å². The van der Waals surface area contributed by atoms with Crippen molar-refractivity contribution in [3.8, 4) is 0 Å². The summed E-state index contributed by atoms with van der Waals surface area (Å²) >= 11 is 0. The highest BCUT2D eigenvalue weighted by molar-refractivity contribution is 6.25. The number of non-ortho nitro benzene ring substituents is 1. The lowest BCUT2D eigenvalue weighted by molar-refractivity contribution is -0.384. The number of nitrogens with zero attached hydrogens (tertiary/aromatic N) is 7. The fraction of sp³-hybridized carbons (Fsp3) is 0.185. The topological polar surface area (TPSA) is 141 Å². The van der Waals surface area contributed by atoms with E-state index in [1.165, 1.54) is 24.3 Å². The van der Waals surface area contributed by atoms with Crippen molar-refractivity contribution in [2.75, 3.05) is 11.4 Å². The van der Waals surface area contributed by atoms with Gasteiger partial charge in [-0.05, 0) is 11.1 Å². The normalized spacial score (nSPS) is 21.1. The van der Waals surface area contributed by atoms with Gasteiger partial charge in [0, 0.05) is 24.6 Å². The molecule has 3 aromatic rings. The number of fused-ring (bicyclic) bond motifs is 1. The Balaban J connectivity index is 1.28. The minimum Gasteiger partial charge on any atom is -0.271 e. The van der Waals surface area contributed by atoms with Gasteiger partial charge in [0.05, 0.1) is 16.7 Å². The smallest absolute Gasteiger partial charge is 0.269 e. The third-order valence-electron chi connectivity index (χ3n) is 7.23. The predicted octanol–water partition coefficient (Wildman–Crippen LogP) is 3.82. The highest BCUT2D eigenvalue weighted by Crippen LogP contribution is 2.37. The second-order valence-electron chi connectivity index (χ2n) is 9.74. The van der Waals surface area contributed by atoms with Crippen LogP contribution in [-0.4, -0.2) is 57.0 Å². The minimum absolute atomic E-state index is 0.0387. The summed E-state index contributed by atoms with van der Waals surface area (Å²) in [5.41, 5.74) is 0.0670. The van der Waals surface area contributed by atoms with Crippen LogP contribution in [0.1, 0.15) is 23.6 Å². The number of hydrogen-bond donors (Lipinski definition) is 0. The number of amides is 3. The quantitative estimate of drug-likeness (QED) is 0.140. The van der Waals surface area contributed by atoms with E-state index in [0.29, 0.717) is 16.8 Å². The van der Waals surface area contributed by atoms with Crippen LogP contribution >= 0.6 is 0 Å². The van der Waals surface area contributed by atoms with Crippen LogP contribution in [0, 0.1) is 33.4 Å². The third kappa shape index (κ3) is 4.56. The molecule has 3 aliphatic rings. The summed E-state index contributed by atoms with van der Waals surface area (Å²) in [7, 11) is 0. The minimum atomic E-state index is -1.95. The number of halogens is 4. The number of anilines is 1. The molecule has 16 heteroatoms. The van der Waals surface area contributed by atoms with Crippen LogP contribution in [0.25, 0.3) is 0 Å². The van der Waals surface area contributed by atoms with Crippen LogP contribution in [0.4, 0.5) is 28.9 Å². The fourth-order valence-electron chi connectivity index (χ4n) is 5.17. The summed E-state index contributed by atoms with van der Waals surface area (Å²) in [5.74, 6) is -10.8. The lowest BCUT2D eigenvalue weighted by atomic mass is 9.98. The van der Waals surface area contributed by atoms with Crippen LogP contribution in [0.3, 0.4) is 0 Å². The maximum Gasteiger partial charge on any atom is 0.269 e. The summed E-state index contributed by atoms with van der Waals surface area (Å²) in [6.07, 6.45) is 0.232. The highest BCUT2D eigenvalue weighted by atomic mass is 19.2. The van der Waals surface area contributed by atoms with E-state index in [9.17, 15) is 42.1 Å². The van der Waals surface area contributed by atoms with Crippen LogP contribution < -0.4 is 4.90 Å². The molecule has 0 spiro atoms. The van der Waals surface area contributed by atoms with Gasteiger partial charge < -0.3 is 0 Å². The summed E-state index contributed by atoms with van der Waals surface area (Å²) in [4.78, 5) is 50.2. The molecule has 0 unspecified atom stereocenters. The number of benzene rings is 3. The van der Waals surface area contributed by atoms with Gasteiger partial charge in [-0.15, -0.1) is 0 Å². The Labute approximate surface area is 238 Å². The molecule has 0 saturated carbocycles. The lowest BCUT2D eigenvalue weighted by Gasteiger charge is -2.25. The second-order valence-corrected chi connectivity index (χ2v) is 9.74. The molecule has 0 N–H and O–H groups in total. The molecule has 3 amide bonds. The summed E-state index contributed by atoms with van der Waals surface area (Å²) in [6.45, 7) is -0.672. The van der Waals surface area contributed by atoms with Crippen LogP contribution in [-0.2, 0) is 14.4 Å². The molecule has 6 rings (SSSR count). The molecule has 1 fully saturated rings. The predicted molar refractivity (Wildman–Crippen MR) is 138 cm³/mol. The molecule has 1 saturated heterocycles. The Morgan fingerprint density at radius 1 is 0.953 bits per heavy atom. The Morgan fingerprint density at radius 3 is 2.23 bits per heavy atom. The van der Waals surface area contributed by atoms with E-state index in [4.69, 9.17) is 0 Å². The van der Waals surface area contributed by atoms with Gasteiger partial charge in [-0.2, -0.15) is 10.2 Å². The van der Waals surface area contributed by atoms with E-state index in [-0.39, 0.29) is 23.1 Å². The largest absolute Gasteiger partial charge is 0.271 e. The zero-order valence-electron chi connectivity index (χ0n) is 21.6. The van der Waals surface area contributed by atoms with Crippen molar-refractivity contribution in [1.82, 2.24) is 10.0 Å². The number of imide groups is 1. The van der Waals surface area contributed by atoms with E-state index >= 15 is 0 Å². The Morgan fingerprint density at radius 2 is 1.60 bits per heavy atom. The standard InChI is InChI=1S/C27H17F4N7O5/c28-16-10-17(29)22(31)24(21(16)30)36-26(40)23-25(27(36)41)35(34-32-23)12-20(39)37-19(14-6-8-15(9-7-14)38(42)43)11-18(33-37)13-4-2-1-3-5-13/h1-10,19,23,25H,11-12H2/t19-,23-,25+/m0/s1. The van der Waals surface area contributed by atoms with Crippen LogP contribution in [0.2, 0.25) is 0 Å². The Hall–Kier alpha value is -5.54. The van der Waals surface area contributed by atoms with E-state index in [1.54, 1.807) is 30.3 Å². The number of hydrogen-bond acceptors (Lipinski definition) is 9. The van der Waals surface area contributed by atoms with Crippen LogP contribution in [0.5, 0.6) is 0 Å². The first-order valence-electron chi connectivity index (χ1n) is 12.6. The van der Waals surface area contributed by atoms with Gasteiger partial charge in [-0.25, -0.2) is 27.5 Å². The van der Waals surface area contributed by atoms with Crippen molar-refractivity contribution in [3.05, 3.63) is 105 Å². The number of nitro groups is 1. The number of nitro benzene ring substituents is 1. The zero-order chi connectivity index (χ0) is 30.6. The van der Waals surface area contributed by atoms with E-state index in [2.05, 4.69) is 15.4 Å². The molecule has 218 valence electrons. The van der Waals surface area contributed by atoms with Crippen molar-refractivity contribution in [2.24, 2.45) is 15.4 Å². The zero-order valence-corrected chi connectivity index (χ0v) is 21.6. The lowest BCUT2D eigenvalue weighted by Crippen LogP contribution is -2.45. The van der Waals surface area contributed by atoms with Gasteiger partial charge in [0.2, 0.25) is 0 Å². The highest BCUT2D eigenvalue weighted by Gasteiger charge is 2.57. The molecule has 3 heterocycles. The molecule has 3 aliphatic heterocycles. The molecule has 3 atom stereocenters. The molecule has 0 aliphatic carbocycles. The van der Waals surface area contributed by atoms with Gasteiger partial charge >= 0.3 is 0 Å². The molecule has 3 aromatic carbocycles. The Kier molecular flexibility index (Phi) is 6.67. The van der Waals surface area contributed by atoms with Gasteiger partial charge in [0.15, 0.2) is 35.4 Å². The summed E-state index contributed by atoms with van der Waals surface area (Å²) < 4.78 is 56.6. The van der Waals surface area contributed by atoms with Crippen molar-refractivity contribution in [1.29, 1.82) is 0 Å². The third-order valence-corrected chi connectivity index (χ3v) is 7.23. The van der Waals surface area contributed by atoms with E-state index in [1.807, 2.05) is 0 Å². The maximum absolute atomic E-state index is 14.5. The molecule has 0 bridgehead atoms.